The summed E-state index contributed by atoms with van der Waals surface area (Å²) in [6.45, 7) is 16.6. The molecule has 17 nitrogen and oxygen atoms in total. The van der Waals surface area contributed by atoms with Crippen molar-refractivity contribution in [3.8, 4) is 0 Å². The van der Waals surface area contributed by atoms with Crippen LogP contribution in [0, 0.1) is 50.2 Å². The number of amides is 1. The first-order valence-corrected chi connectivity index (χ1v) is 24.1. The molecule has 0 radical (unpaired) electrons. The van der Waals surface area contributed by atoms with Crippen molar-refractivity contribution < 1.29 is 78.9 Å². The van der Waals surface area contributed by atoms with Gasteiger partial charge in [0, 0.05) is 6.92 Å². The van der Waals surface area contributed by atoms with Crippen LogP contribution in [0.15, 0.2) is 11.6 Å². The number of aliphatic carboxylic acids is 1. The van der Waals surface area contributed by atoms with Crippen molar-refractivity contribution in [3.63, 3.8) is 0 Å². The molecule has 4 saturated carbocycles. The molecule has 5 aliphatic carbocycles. The number of carbonyl (C=O) groups is 2. The van der Waals surface area contributed by atoms with Gasteiger partial charge in [-0.05, 0) is 109 Å². The lowest BCUT2D eigenvalue weighted by Gasteiger charge is -2.71. The van der Waals surface area contributed by atoms with E-state index < -0.39 is 109 Å². The normalized spacial score (nSPS) is 51.6. The molecule has 65 heavy (non-hydrogen) atoms. The predicted octanol–water partition coefficient (Wildman–Crippen LogP) is 2.13. The maximum atomic E-state index is 13.1. The maximum absolute atomic E-state index is 13.1. The second kappa shape index (κ2) is 17.5. The molecule has 7 fully saturated rings. The molecule has 0 aromatic rings. The first-order valence-electron chi connectivity index (χ1n) is 24.1. The molecule has 1 amide bonds. The van der Waals surface area contributed by atoms with Gasteiger partial charge in [-0.2, -0.15) is 0 Å². The van der Waals surface area contributed by atoms with E-state index in [2.05, 4.69) is 59.9 Å². The number of carbonyl (C=O) groups excluding carboxylic acids is 1. The van der Waals surface area contributed by atoms with E-state index in [9.17, 15) is 50.4 Å². The second-order valence-electron chi connectivity index (χ2n) is 23.4. The Hall–Kier alpha value is -1.84. The van der Waals surface area contributed by atoms with Gasteiger partial charge in [-0.3, -0.25) is 9.59 Å². The number of allylic oxidation sites excluding steroid dienone is 2. The minimum atomic E-state index is -1.70. The summed E-state index contributed by atoms with van der Waals surface area (Å²) >= 11 is 0. The summed E-state index contributed by atoms with van der Waals surface area (Å²) in [5.74, 6) is -0.478. The number of carboxylic acid groups (broad SMARTS) is 1. The number of fused-ring (bicyclic) bond motifs is 7. The Balaban J connectivity index is 0.994. The Morgan fingerprint density at radius 1 is 0.738 bits per heavy atom. The summed E-state index contributed by atoms with van der Waals surface area (Å²) in [5.41, 5.74) is 0.127. The van der Waals surface area contributed by atoms with Crippen LogP contribution in [0.3, 0.4) is 0 Å². The van der Waals surface area contributed by atoms with Crippen LogP contribution in [0.25, 0.3) is 0 Å². The zero-order chi connectivity index (χ0) is 47.4. The SMILES string of the molecule is CC(=O)N[C@H]1[C@H](O[C@H]2CC[C@@]3(C)[C@@H](CC[C@]4(C)[C@H]3CC=C3[C@@H]5CC(C)(C)CC[C@]5(C(=O)O)CC[C@]34C)C2(C)C)O[C@H](CO[C@@H]2OC[C@H](O)[C@H](O)[C@H]2O[C@@H]2OC[C@H](O)[C@H](O)[C@H]2O)[C@@H](O)[C@@H]1O. The zero-order valence-electron chi connectivity index (χ0n) is 39.4. The smallest absolute Gasteiger partial charge is 0.310 e. The number of aliphatic hydroxyl groups is 7. The number of ether oxygens (including phenoxy) is 6. The summed E-state index contributed by atoms with van der Waals surface area (Å²) in [6.07, 6.45) is -7.06. The summed E-state index contributed by atoms with van der Waals surface area (Å²) < 4.78 is 36.1. The van der Waals surface area contributed by atoms with Gasteiger partial charge in [0.2, 0.25) is 5.91 Å². The summed E-state index contributed by atoms with van der Waals surface area (Å²) in [4.78, 5) is 25.7. The van der Waals surface area contributed by atoms with Gasteiger partial charge in [0.15, 0.2) is 18.9 Å². The average molecular weight is 924 g/mol. The van der Waals surface area contributed by atoms with Crippen LogP contribution in [-0.4, -0.2) is 159 Å². The first kappa shape index (κ1) is 49.6. The van der Waals surface area contributed by atoms with E-state index in [0.717, 1.165) is 51.4 Å². The van der Waals surface area contributed by atoms with E-state index >= 15 is 0 Å². The van der Waals surface area contributed by atoms with Crippen molar-refractivity contribution in [2.24, 2.45) is 50.2 Å². The van der Waals surface area contributed by atoms with Crippen LogP contribution in [0.4, 0.5) is 0 Å². The second-order valence-corrected chi connectivity index (χ2v) is 23.4. The summed E-state index contributed by atoms with van der Waals surface area (Å²) in [7, 11) is 0. The van der Waals surface area contributed by atoms with Crippen LogP contribution in [-0.2, 0) is 38.0 Å². The molecule has 0 aromatic heterocycles. The molecule has 8 rings (SSSR count). The highest BCUT2D eigenvalue weighted by Gasteiger charge is 2.70. The zero-order valence-corrected chi connectivity index (χ0v) is 39.4. The van der Waals surface area contributed by atoms with E-state index in [-0.39, 0.29) is 52.8 Å². The first-order chi connectivity index (χ1) is 30.3. The van der Waals surface area contributed by atoms with E-state index in [1.807, 2.05) is 0 Å². The highest BCUT2D eigenvalue weighted by molar-refractivity contribution is 5.76. The highest BCUT2D eigenvalue weighted by Crippen LogP contribution is 2.76. The van der Waals surface area contributed by atoms with Crippen molar-refractivity contribution in [1.82, 2.24) is 5.32 Å². The fraction of sp³-hybridized carbons (Fsp3) is 0.917. The number of carboxylic acids is 1. The van der Waals surface area contributed by atoms with Gasteiger partial charge in [0.1, 0.15) is 61.0 Å². The minimum absolute atomic E-state index is 0.0296. The van der Waals surface area contributed by atoms with Gasteiger partial charge in [-0.25, -0.2) is 0 Å². The molecule has 0 aromatic carbocycles. The molecule has 3 saturated heterocycles. The molecule has 370 valence electrons. The van der Waals surface area contributed by atoms with Crippen molar-refractivity contribution in [2.45, 2.75) is 206 Å². The number of nitrogens with one attached hydrogen (secondary N) is 1. The molecule has 3 aliphatic heterocycles. The van der Waals surface area contributed by atoms with Crippen molar-refractivity contribution in [2.75, 3.05) is 19.8 Å². The fourth-order valence-electron chi connectivity index (χ4n) is 14.9. The van der Waals surface area contributed by atoms with E-state index in [1.54, 1.807) is 0 Å². The van der Waals surface area contributed by atoms with Gasteiger partial charge in [-0.1, -0.05) is 60.1 Å². The monoisotopic (exact) mass is 924 g/mol. The van der Waals surface area contributed by atoms with Gasteiger partial charge in [0.05, 0.1) is 31.3 Å². The van der Waals surface area contributed by atoms with Gasteiger partial charge in [0.25, 0.3) is 0 Å². The largest absolute Gasteiger partial charge is 0.481 e. The third-order valence-corrected chi connectivity index (χ3v) is 19.0. The Morgan fingerprint density at radius 2 is 1.40 bits per heavy atom. The third kappa shape index (κ3) is 8.15. The lowest BCUT2D eigenvalue weighted by Crippen LogP contribution is -2.67. The Morgan fingerprint density at radius 3 is 2.08 bits per heavy atom. The van der Waals surface area contributed by atoms with Crippen molar-refractivity contribution in [3.05, 3.63) is 11.6 Å². The van der Waals surface area contributed by atoms with Gasteiger partial charge < -0.3 is 74.6 Å². The molecular weight excluding hydrogens is 847 g/mol. The molecule has 0 bridgehead atoms. The Bertz CT molecular complexity index is 1810. The predicted molar refractivity (Wildman–Crippen MR) is 230 cm³/mol. The fourth-order valence-corrected chi connectivity index (χ4v) is 14.9. The molecule has 0 unspecified atom stereocenters. The van der Waals surface area contributed by atoms with Crippen LogP contribution >= 0.6 is 0 Å². The number of rotatable bonds is 9. The standard InChI is InChI=1S/C48H77NO16/c1-23(50)49-32-36(56)35(55)28(22-62-41-38(34(54)27(52)21-61-41)65-40-37(57)33(53)26(51)20-60-40)63-39(32)64-31-12-13-45(6)29(44(31,4)5)11-14-47(8)30(45)10-9-24-25-19-43(2,3)15-17-48(25,42(58)59)18-16-46(24,47)7/h9,25-41,51-57H,10-22H2,1-8H3,(H,49,50)(H,58,59)/t25-,26-,27-,28+,29-,30-,31-,32+,33-,34-,35+,36+,37+,38+,39-,40-,41-,45-,46+,47+,48-/m0/s1. The average Bonchev–Trinajstić information content (AvgIpc) is 3.23. The number of hydrogen-bond donors (Lipinski definition) is 9. The maximum Gasteiger partial charge on any atom is 0.310 e. The van der Waals surface area contributed by atoms with Crippen LogP contribution in [0.1, 0.15) is 120 Å². The summed E-state index contributed by atoms with van der Waals surface area (Å²) in [6, 6.07) is -1.14. The molecule has 17 heteroatoms. The highest BCUT2D eigenvalue weighted by atomic mass is 16.8. The molecular formula is C48H77NO16. The van der Waals surface area contributed by atoms with E-state index in [1.165, 1.54) is 12.5 Å². The molecule has 9 N–H and O–H groups in total. The Kier molecular flexibility index (Phi) is 13.4. The Labute approximate surface area is 382 Å². The summed E-state index contributed by atoms with van der Waals surface area (Å²) in [5, 5.41) is 88.4. The molecule has 21 atom stereocenters. The molecule has 3 heterocycles. The van der Waals surface area contributed by atoms with Crippen molar-refractivity contribution >= 4 is 11.9 Å². The third-order valence-electron chi connectivity index (χ3n) is 19.0. The van der Waals surface area contributed by atoms with Crippen LogP contribution in [0.2, 0.25) is 0 Å². The molecule has 8 aliphatic rings. The number of aliphatic hydroxyl groups excluding tert-OH is 7. The van der Waals surface area contributed by atoms with Crippen LogP contribution in [0.5, 0.6) is 0 Å². The topological polar surface area (TPSA) is 263 Å². The quantitative estimate of drug-likeness (QED) is 0.119. The lowest BCUT2D eigenvalue weighted by atomic mass is 9.33. The van der Waals surface area contributed by atoms with E-state index in [4.69, 9.17) is 28.4 Å². The minimum Gasteiger partial charge on any atom is -0.481 e. The number of hydrogen-bond acceptors (Lipinski definition) is 15. The molecule has 0 spiro atoms. The van der Waals surface area contributed by atoms with E-state index in [0.29, 0.717) is 18.8 Å². The van der Waals surface area contributed by atoms with Gasteiger partial charge >= 0.3 is 5.97 Å². The lowest BCUT2D eigenvalue weighted by molar-refractivity contribution is -0.352. The van der Waals surface area contributed by atoms with Gasteiger partial charge in [-0.15, -0.1) is 0 Å². The van der Waals surface area contributed by atoms with Crippen LogP contribution < -0.4 is 5.32 Å². The van der Waals surface area contributed by atoms with Crippen molar-refractivity contribution in [1.29, 1.82) is 0 Å².